The molecule has 2 rings (SSSR count). The Bertz CT molecular complexity index is 303. The smallest absolute Gasteiger partial charge is 0.0441 e. The second-order valence-corrected chi connectivity index (χ2v) is 4.12. The minimum atomic E-state index is 0.618. The molecule has 1 atom stereocenters. The predicted molar refractivity (Wildman–Crippen MR) is 56.4 cm³/mol. The van der Waals surface area contributed by atoms with Crippen molar-refractivity contribution in [1.29, 1.82) is 0 Å². The van der Waals surface area contributed by atoms with Crippen LogP contribution < -0.4 is 5.32 Å². The van der Waals surface area contributed by atoms with Crippen molar-refractivity contribution in [2.75, 3.05) is 13.1 Å². The monoisotopic (exact) mass is 195 g/mol. The van der Waals surface area contributed by atoms with Gasteiger partial charge in [-0.25, -0.2) is 0 Å². The average Bonchev–Trinajstić information content (AvgIpc) is 2.61. The lowest BCUT2D eigenvalue weighted by atomic mass is 9.97. The molecule has 0 bridgehead atoms. The average molecular weight is 196 g/mol. The van der Waals surface area contributed by atoms with Crippen LogP contribution in [0.15, 0.2) is 18.2 Å². The summed E-state index contributed by atoms with van der Waals surface area (Å²) in [5.41, 5.74) is 2.61. The summed E-state index contributed by atoms with van der Waals surface area (Å²) in [6, 6.07) is 6.28. The van der Waals surface area contributed by atoms with Gasteiger partial charge in [0.1, 0.15) is 0 Å². The fraction of sp³-hybridized carbons (Fsp3) is 0.455. The summed E-state index contributed by atoms with van der Waals surface area (Å²) in [6.45, 7) is 4.31. The molecular weight excluding hydrogens is 182 g/mol. The van der Waals surface area contributed by atoms with Crippen LogP contribution in [0.25, 0.3) is 0 Å². The number of hydrogen-bond donors (Lipinski definition) is 1. The molecule has 1 aliphatic rings. The van der Waals surface area contributed by atoms with Crippen molar-refractivity contribution in [3.05, 3.63) is 34.3 Å². The van der Waals surface area contributed by atoms with Gasteiger partial charge in [-0.3, -0.25) is 0 Å². The summed E-state index contributed by atoms with van der Waals surface area (Å²) in [6.07, 6.45) is 1.21. The lowest BCUT2D eigenvalue weighted by Gasteiger charge is -2.11. The molecule has 0 amide bonds. The summed E-state index contributed by atoms with van der Waals surface area (Å²) >= 11 is 6.15. The van der Waals surface area contributed by atoms with E-state index in [1.54, 1.807) is 0 Å². The van der Waals surface area contributed by atoms with Gasteiger partial charge >= 0.3 is 0 Å². The van der Waals surface area contributed by atoms with E-state index in [4.69, 9.17) is 11.6 Å². The Morgan fingerprint density at radius 2 is 2.31 bits per heavy atom. The normalized spacial score (nSPS) is 22.2. The lowest BCUT2D eigenvalue weighted by Crippen LogP contribution is -2.08. The van der Waals surface area contributed by atoms with E-state index in [0.29, 0.717) is 5.92 Å². The van der Waals surface area contributed by atoms with Crippen LogP contribution in [0.5, 0.6) is 0 Å². The van der Waals surface area contributed by atoms with E-state index in [1.165, 1.54) is 17.5 Å². The van der Waals surface area contributed by atoms with Gasteiger partial charge in [-0.05, 0) is 37.4 Å². The van der Waals surface area contributed by atoms with E-state index >= 15 is 0 Å². The van der Waals surface area contributed by atoms with Crippen LogP contribution in [-0.4, -0.2) is 13.1 Å². The molecule has 70 valence electrons. The Kier molecular flexibility index (Phi) is 2.56. The van der Waals surface area contributed by atoms with Gasteiger partial charge in [0.25, 0.3) is 0 Å². The highest BCUT2D eigenvalue weighted by Gasteiger charge is 2.18. The third-order valence-corrected chi connectivity index (χ3v) is 3.00. The van der Waals surface area contributed by atoms with Crippen molar-refractivity contribution in [3.63, 3.8) is 0 Å². The SMILES string of the molecule is Cc1ccc(Cl)c([C@@H]2CCNC2)c1. The molecule has 1 heterocycles. The van der Waals surface area contributed by atoms with Crippen molar-refractivity contribution in [2.24, 2.45) is 0 Å². The molecule has 1 saturated heterocycles. The molecule has 0 aromatic heterocycles. The number of halogens is 1. The zero-order chi connectivity index (χ0) is 9.26. The Balaban J connectivity index is 2.32. The number of rotatable bonds is 1. The van der Waals surface area contributed by atoms with Gasteiger partial charge in [0.2, 0.25) is 0 Å². The number of hydrogen-bond acceptors (Lipinski definition) is 1. The molecule has 0 spiro atoms. The van der Waals surface area contributed by atoms with Gasteiger partial charge in [-0.15, -0.1) is 0 Å². The largest absolute Gasteiger partial charge is 0.316 e. The van der Waals surface area contributed by atoms with Crippen molar-refractivity contribution >= 4 is 11.6 Å². The summed E-state index contributed by atoms with van der Waals surface area (Å²) < 4.78 is 0. The van der Waals surface area contributed by atoms with Crippen LogP contribution >= 0.6 is 11.6 Å². The van der Waals surface area contributed by atoms with Gasteiger partial charge in [-0.2, -0.15) is 0 Å². The maximum absolute atomic E-state index is 6.15. The minimum absolute atomic E-state index is 0.618. The molecule has 0 saturated carbocycles. The molecule has 0 unspecified atom stereocenters. The standard InChI is InChI=1S/C11H14ClN/c1-8-2-3-11(12)10(6-8)9-4-5-13-7-9/h2-3,6,9,13H,4-5,7H2,1H3/t9-/m1/s1. The fourth-order valence-electron chi connectivity index (χ4n) is 1.90. The molecular formula is C11H14ClN. The quantitative estimate of drug-likeness (QED) is 0.727. The zero-order valence-corrected chi connectivity index (χ0v) is 8.56. The van der Waals surface area contributed by atoms with Crippen molar-refractivity contribution < 1.29 is 0 Å². The van der Waals surface area contributed by atoms with Crippen LogP contribution in [0.3, 0.4) is 0 Å². The Labute approximate surface area is 84.1 Å². The third kappa shape index (κ3) is 1.87. The maximum atomic E-state index is 6.15. The van der Waals surface area contributed by atoms with E-state index in [2.05, 4.69) is 24.4 Å². The van der Waals surface area contributed by atoms with Crippen molar-refractivity contribution in [1.82, 2.24) is 5.32 Å². The van der Waals surface area contributed by atoms with Crippen LogP contribution in [0.1, 0.15) is 23.5 Å². The molecule has 1 nitrogen and oxygen atoms in total. The Morgan fingerprint density at radius 3 is 3.00 bits per heavy atom. The first kappa shape index (κ1) is 9.04. The Hall–Kier alpha value is -0.530. The predicted octanol–water partition coefficient (Wildman–Crippen LogP) is 2.73. The highest BCUT2D eigenvalue weighted by molar-refractivity contribution is 6.31. The molecule has 1 aromatic carbocycles. The number of benzene rings is 1. The highest BCUT2D eigenvalue weighted by atomic mass is 35.5. The van der Waals surface area contributed by atoms with Crippen LogP contribution in [-0.2, 0) is 0 Å². The van der Waals surface area contributed by atoms with E-state index in [9.17, 15) is 0 Å². The molecule has 1 aliphatic heterocycles. The van der Waals surface area contributed by atoms with E-state index in [0.717, 1.165) is 18.1 Å². The topological polar surface area (TPSA) is 12.0 Å². The molecule has 0 radical (unpaired) electrons. The van der Waals surface area contributed by atoms with Crippen LogP contribution in [0.2, 0.25) is 5.02 Å². The second-order valence-electron chi connectivity index (χ2n) is 3.71. The minimum Gasteiger partial charge on any atom is -0.316 e. The fourth-order valence-corrected chi connectivity index (χ4v) is 2.17. The summed E-state index contributed by atoms with van der Waals surface area (Å²) in [5, 5.41) is 4.27. The molecule has 13 heavy (non-hydrogen) atoms. The van der Waals surface area contributed by atoms with Crippen molar-refractivity contribution in [3.8, 4) is 0 Å². The molecule has 1 aromatic rings. The second kappa shape index (κ2) is 3.69. The first-order chi connectivity index (χ1) is 6.27. The molecule has 1 N–H and O–H groups in total. The summed E-state index contributed by atoms with van der Waals surface area (Å²) in [5.74, 6) is 0.618. The summed E-state index contributed by atoms with van der Waals surface area (Å²) in [7, 11) is 0. The highest BCUT2D eigenvalue weighted by Crippen LogP contribution is 2.29. The lowest BCUT2D eigenvalue weighted by molar-refractivity contribution is 0.763. The molecule has 0 aliphatic carbocycles. The van der Waals surface area contributed by atoms with Gasteiger partial charge in [0, 0.05) is 11.6 Å². The van der Waals surface area contributed by atoms with E-state index in [-0.39, 0.29) is 0 Å². The van der Waals surface area contributed by atoms with Gasteiger partial charge in [0.05, 0.1) is 0 Å². The van der Waals surface area contributed by atoms with Crippen molar-refractivity contribution in [2.45, 2.75) is 19.3 Å². The third-order valence-electron chi connectivity index (χ3n) is 2.65. The van der Waals surface area contributed by atoms with E-state index < -0.39 is 0 Å². The Morgan fingerprint density at radius 1 is 1.46 bits per heavy atom. The van der Waals surface area contributed by atoms with E-state index in [1.807, 2.05) is 6.07 Å². The van der Waals surface area contributed by atoms with Gasteiger partial charge < -0.3 is 5.32 Å². The first-order valence-corrected chi connectivity index (χ1v) is 5.12. The van der Waals surface area contributed by atoms with Crippen LogP contribution in [0.4, 0.5) is 0 Å². The number of nitrogens with one attached hydrogen (secondary N) is 1. The zero-order valence-electron chi connectivity index (χ0n) is 7.81. The summed E-state index contributed by atoms with van der Waals surface area (Å²) in [4.78, 5) is 0. The first-order valence-electron chi connectivity index (χ1n) is 4.74. The maximum Gasteiger partial charge on any atom is 0.0441 e. The number of aryl methyl sites for hydroxylation is 1. The van der Waals surface area contributed by atoms with Gasteiger partial charge in [0.15, 0.2) is 0 Å². The van der Waals surface area contributed by atoms with Gasteiger partial charge in [-0.1, -0.05) is 29.3 Å². The molecule has 1 fully saturated rings. The molecule has 2 heteroatoms. The van der Waals surface area contributed by atoms with Crippen LogP contribution in [0, 0.1) is 6.92 Å².